The molecule has 0 aliphatic carbocycles. The summed E-state index contributed by atoms with van der Waals surface area (Å²) < 4.78 is 5.05. The van der Waals surface area contributed by atoms with E-state index in [0.717, 1.165) is 10.5 Å². The first-order valence-electron chi connectivity index (χ1n) is 5.36. The fourth-order valence-electron chi connectivity index (χ4n) is 1.33. The molecule has 18 heavy (non-hydrogen) atoms. The molecule has 2 aromatic rings. The van der Waals surface area contributed by atoms with Crippen molar-refractivity contribution in [1.29, 1.82) is 0 Å². The van der Waals surface area contributed by atoms with E-state index < -0.39 is 6.09 Å². The number of hydrogen-bond acceptors (Lipinski definition) is 4. The Kier molecular flexibility index (Phi) is 4.20. The van der Waals surface area contributed by atoms with Crippen LogP contribution in [-0.4, -0.2) is 11.1 Å². The Hall–Kier alpha value is -2.01. The van der Waals surface area contributed by atoms with Gasteiger partial charge in [-0.15, -0.1) is 12.6 Å². The van der Waals surface area contributed by atoms with Gasteiger partial charge in [-0.2, -0.15) is 0 Å². The van der Waals surface area contributed by atoms with Crippen molar-refractivity contribution >= 4 is 24.4 Å². The fraction of sp³-hybridized carbons (Fsp3) is 0.0769. The first kappa shape index (κ1) is 12.4. The third-order valence-corrected chi connectivity index (χ3v) is 2.50. The third-order valence-electron chi connectivity index (χ3n) is 2.21. The molecule has 0 aliphatic rings. The number of carbonyl (C=O) groups excluding carboxylic acids is 1. The highest BCUT2D eigenvalue weighted by Crippen LogP contribution is 2.12. The van der Waals surface area contributed by atoms with Crippen molar-refractivity contribution in [1.82, 2.24) is 4.98 Å². The van der Waals surface area contributed by atoms with Crippen molar-refractivity contribution in [3.63, 3.8) is 0 Å². The highest BCUT2D eigenvalue weighted by Gasteiger charge is 2.03. The number of carbonyl (C=O) groups is 1. The molecule has 1 amide bonds. The summed E-state index contributed by atoms with van der Waals surface area (Å²) in [5, 5.41) is 2.62. The maximum atomic E-state index is 11.5. The molecule has 0 aliphatic heterocycles. The van der Waals surface area contributed by atoms with Crippen LogP contribution in [-0.2, 0) is 11.3 Å². The SMILES string of the molecule is O=C(Nc1ccc(S)cc1)OCc1cccnc1. The van der Waals surface area contributed by atoms with Gasteiger partial charge in [0.15, 0.2) is 0 Å². The molecule has 1 aromatic carbocycles. The molecule has 0 fully saturated rings. The fourth-order valence-corrected chi connectivity index (χ4v) is 1.48. The molecule has 1 N–H and O–H groups in total. The standard InChI is InChI=1S/C13H12N2O2S/c16-13(15-11-3-5-12(18)6-4-11)17-9-10-2-1-7-14-8-10/h1-8,18H,9H2,(H,15,16). The van der Waals surface area contributed by atoms with Crippen LogP contribution in [0, 0.1) is 0 Å². The van der Waals surface area contributed by atoms with Gasteiger partial charge in [-0.3, -0.25) is 10.3 Å². The van der Waals surface area contributed by atoms with Crippen LogP contribution < -0.4 is 5.32 Å². The number of rotatable bonds is 3. The molecule has 2 rings (SSSR count). The number of hydrogen-bond donors (Lipinski definition) is 2. The van der Waals surface area contributed by atoms with Crippen LogP contribution in [0.1, 0.15) is 5.56 Å². The summed E-state index contributed by atoms with van der Waals surface area (Å²) in [5.74, 6) is 0. The lowest BCUT2D eigenvalue weighted by Crippen LogP contribution is -2.13. The molecule has 0 saturated heterocycles. The van der Waals surface area contributed by atoms with E-state index in [2.05, 4.69) is 22.9 Å². The lowest BCUT2D eigenvalue weighted by Gasteiger charge is -2.06. The van der Waals surface area contributed by atoms with Gasteiger partial charge in [-0.25, -0.2) is 4.79 Å². The monoisotopic (exact) mass is 260 g/mol. The third kappa shape index (κ3) is 3.78. The minimum absolute atomic E-state index is 0.199. The maximum absolute atomic E-state index is 11.5. The Balaban J connectivity index is 1.84. The van der Waals surface area contributed by atoms with Crippen LogP contribution in [0.5, 0.6) is 0 Å². The summed E-state index contributed by atoms with van der Waals surface area (Å²) in [7, 11) is 0. The van der Waals surface area contributed by atoms with Crippen molar-refractivity contribution in [3.05, 3.63) is 54.4 Å². The zero-order valence-electron chi connectivity index (χ0n) is 9.54. The topological polar surface area (TPSA) is 51.2 Å². The first-order valence-corrected chi connectivity index (χ1v) is 5.80. The van der Waals surface area contributed by atoms with E-state index in [1.807, 2.05) is 6.07 Å². The van der Waals surface area contributed by atoms with Gasteiger partial charge < -0.3 is 4.74 Å². The quantitative estimate of drug-likeness (QED) is 0.834. The van der Waals surface area contributed by atoms with E-state index in [1.165, 1.54) is 0 Å². The molecule has 0 unspecified atom stereocenters. The van der Waals surface area contributed by atoms with Crippen LogP contribution in [0.3, 0.4) is 0 Å². The van der Waals surface area contributed by atoms with Gasteiger partial charge in [0.25, 0.3) is 0 Å². The van der Waals surface area contributed by atoms with E-state index in [9.17, 15) is 4.79 Å². The highest BCUT2D eigenvalue weighted by molar-refractivity contribution is 7.80. The number of benzene rings is 1. The minimum atomic E-state index is -0.495. The van der Waals surface area contributed by atoms with E-state index in [4.69, 9.17) is 4.74 Å². The smallest absolute Gasteiger partial charge is 0.411 e. The molecule has 0 radical (unpaired) electrons. The van der Waals surface area contributed by atoms with Crippen molar-refractivity contribution in [2.75, 3.05) is 5.32 Å². The van der Waals surface area contributed by atoms with Gasteiger partial charge >= 0.3 is 6.09 Å². The molecule has 0 bridgehead atoms. The Morgan fingerprint density at radius 1 is 1.28 bits per heavy atom. The van der Waals surface area contributed by atoms with E-state index in [1.54, 1.807) is 42.7 Å². The molecule has 0 saturated carbocycles. The van der Waals surface area contributed by atoms with Gasteiger partial charge in [0.2, 0.25) is 0 Å². The number of nitrogens with one attached hydrogen (secondary N) is 1. The van der Waals surface area contributed by atoms with E-state index in [-0.39, 0.29) is 6.61 Å². The molecular formula is C13H12N2O2S. The van der Waals surface area contributed by atoms with Gasteiger partial charge in [0, 0.05) is 28.5 Å². The van der Waals surface area contributed by atoms with Crippen molar-refractivity contribution in [2.45, 2.75) is 11.5 Å². The predicted octanol–water partition coefficient (Wildman–Crippen LogP) is 3.12. The average molecular weight is 260 g/mol. The highest BCUT2D eigenvalue weighted by atomic mass is 32.1. The summed E-state index contributed by atoms with van der Waals surface area (Å²) in [6.45, 7) is 0.199. The van der Waals surface area contributed by atoms with E-state index >= 15 is 0 Å². The lowest BCUT2D eigenvalue weighted by atomic mass is 10.3. The summed E-state index contributed by atoms with van der Waals surface area (Å²) in [4.78, 5) is 16.3. The maximum Gasteiger partial charge on any atom is 0.411 e. The number of ether oxygens (including phenoxy) is 1. The van der Waals surface area contributed by atoms with Crippen LogP contribution in [0.25, 0.3) is 0 Å². The normalized spacial score (nSPS) is 9.83. The second kappa shape index (κ2) is 6.07. The van der Waals surface area contributed by atoms with Gasteiger partial charge in [0.1, 0.15) is 6.61 Å². The largest absolute Gasteiger partial charge is 0.444 e. The Morgan fingerprint density at radius 3 is 2.72 bits per heavy atom. The van der Waals surface area contributed by atoms with E-state index in [0.29, 0.717) is 5.69 Å². The van der Waals surface area contributed by atoms with Gasteiger partial charge in [0.05, 0.1) is 0 Å². The number of pyridine rings is 1. The molecule has 0 spiro atoms. The lowest BCUT2D eigenvalue weighted by molar-refractivity contribution is 0.155. The molecular weight excluding hydrogens is 248 g/mol. The van der Waals surface area contributed by atoms with Crippen LogP contribution in [0.4, 0.5) is 10.5 Å². The first-order chi connectivity index (χ1) is 8.74. The molecule has 4 nitrogen and oxygen atoms in total. The van der Waals surface area contributed by atoms with Crippen LogP contribution in [0.15, 0.2) is 53.7 Å². The zero-order valence-corrected chi connectivity index (χ0v) is 10.4. The Labute approximate surface area is 110 Å². The number of aromatic nitrogens is 1. The molecule has 0 atom stereocenters. The van der Waals surface area contributed by atoms with Crippen LogP contribution in [0.2, 0.25) is 0 Å². The predicted molar refractivity (Wildman–Crippen MR) is 71.7 cm³/mol. The Morgan fingerprint density at radius 2 is 2.06 bits per heavy atom. The van der Waals surface area contributed by atoms with Crippen LogP contribution >= 0.6 is 12.6 Å². The molecule has 92 valence electrons. The minimum Gasteiger partial charge on any atom is -0.444 e. The van der Waals surface area contributed by atoms with Crippen molar-refractivity contribution < 1.29 is 9.53 Å². The second-order valence-corrected chi connectivity index (χ2v) is 4.13. The summed E-state index contributed by atoms with van der Waals surface area (Å²) in [6.07, 6.45) is 2.83. The van der Waals surface area contributed by atoms with Gasteiger partial charge in [-0.05, 0) is 30.3 Å². The van der Waals surface area contributed by atoms with Crippen molar-refractivity contribution in [3.8, 4) is 0 Å². The summed E-state index contributed by atoms with van der Waals surface area (Å²) in [6, 6.07) is 10.7. The van der Waals surface area contributed by atoms with Gasteiger partial charge in [-0.1, -0.05) is 6.07 Å². The molecule has 5 heteroatoms. The second-order valence-electron chi connectivity index (χ2n) is 3.61. The zero-order chi connectivity index (χ0) is 12.8. The number of amides is 1. The number of thiol groups is 1. The Bertz CT molecular complexity index is 514. The molecule has 1 heterocycles. The number of anilines is 1. The summed E-state index contributed by atoms with van der Waals surface area (Å²) >= 11 is 4.16. The average Bonchev–Trinajstić information content (AvgIpc) is 2.40. The van der Waals surface area contributed by atoms with Crippen molar-refractivity contribution in [2.24, 2.45) is 0 Å². The molecule has 1 aromatic heterocycles. The summed E-state index contributed by atoms with van der Waals surface area (Å²) in [5.41, 5.74) is 1.52. The number of nitrogens with zero attached hydrogens (tertiary/aromatic N) is 1.